The van der Waals surface area contributed by atoms with Crippen LogP contribution in [0.25, 0.3) is 11.3 Å². The predicted octanol–water partition coefficient (Wildman–Crippen LogP) is 1.97. The quantitative estimate of drug-likeness (QED) is 0.824. The van der Waals surface area contributed by atoms with E-state index in [-0.39, 0.29) is 17.3 Å². The lowest BCUT2D eigenvalue weighted by Crippen LogP contribution is -2.30. The molecular weight excluding hydrogens is 328 g/mol. The number of sulfonamides is 1. The normalized spacial score (nSPS) is 11.5. The lowest BCUT2D eigenvalue weighted by Gasteiger charge is -2.09. The van der Waals surface area contributed by atoms with Crippen molar-refractivity contribution in [2.24, 2.45) is 5.92 Å². The highest BCUT2D eigenvalue weighted by Gasteiger charge is 2.18. The molecule has 3 N–H and O–H groups in total. The van der Waals surface area contributed by atoms with Gasteiger partial charge >= 0.3 is 0 Å². The molecule has 0 unspecified atom stereocenters. The van der Waals surface area contributed by atoms with Crippen LogP contribution in [-0.4, -0.2) is 24.3 Å². The van der Waals surface area contributed by atoms with E-state index in [0.717, 1.165) is 0 Å². The number of aromatic nitrogens is 2. The number of nitrogen functional groups attached to an aromatic ring is 1. The average molecular weight is 348 g/mol. The first-order valence-corrected chi connectivity index (χ1v) is 9.01. The van der Waals surface area contributed by atoms with Crippen molar-refractivity contribution in [1.29, 1.82) is 0 Å². The predicted molar refractivity (Wildman–Crippen MR) is 91.3 cm³/mol. The molecule has 1 aromatic carbocycles. The van der Waals surface area contributed by atoms with Gasteiger partial charge in [-0.05, 0) is 30.5 Å². The van der Waals surface area contributed by atoms with Crippen LogP contribution in [-0.2, 0) is 14.8 Å². The molecule has 0 aliphatic carbocycles. The number of nitrogens with one attached hydrogen (secondary N) is 1. The molecule has 0 aliphatic heterocycles. The summed E-state index contributed by atoms with van der Waals surface area (Å²) in [5.74, 6) is -0.0897. The lowest BCUT2D eigenvalue weighted by molar-refractivity contribution is -0.119. The van der Waals surface area contributed by atoms with Gasteiger partial charge in [0.2, 0.25) is 11.9 Å². The maximum atomic E-state index is 12.3. The Bertz CT molecular complexity index is 835. The van der Waals surface area contributed by atoms with E-state index in [0.29, 0.717) is 23.6 Å². The minimum Gasteiger partial charge on any atom is -0.368 e. The number of nitrogens with zero attached hydrogens (tertiary/aromatic N) is 2. The third-order valence-electron chi connectivity index (χ3n) is 3.31. The standard InChI is InChI=1S/C16H20N4O3S/c1-11(2)6-7-15(21)20-24(22,23)13-5-3-4-12(10-13)14-8-9-18-16(17)19-14/h3-5,8-11H,6-7H2,1-2H3,(H,20,21)(H2,17,18,19). The van der Waals surface area contributed by atoms with E-state index < -0.39 is 15.9 Å². The van der Waals surface area contributed by atoms with Crippen LogP contribution in [0.5, 0.6) is 0 Å². The van der Waals surface area contributed by atoms with E-state index in [1.165, 1.54) is 18.3 Å². The summed E-state index contributed by atoms with van der Waals surface area (Å²) in [7, 11) is -3.92. The Kier molecular flexibility index (Phi) is 5.50. The van der Waals surface area contributed by atoms with Gasteiger partial charge in [0, 0.05) is 18.2 Å². The van der Waals surface area contributed by atoms with Crippen molar-refractivity contribution in [1.82, 2.24) is 14.7 Å². The van der Waals surface area contributed by atoms with Gasteiger partial charge in [0.1, 0.15) is 0 Å². The number of nitrogens with two attached hydrogens (primary N) is 1. The molecular formula is C16H20N4O3S. The van der Waals surface area contributed by atoms with Crippen LogP contribution in [0.4, 0.5) is 5.95 Å². The smallest absolute Gasteiger partial charge is 0.264 e. The van der Waals surface area contributed by atoms with E-state index in [1.807, 2.05) is 13.8 Å². The van der Waals surface area contributed by atoms with Crippen LogP contribution in [0.2, 0.25) is 0 Å². The molecule has 0 saturated carbocycles. The fourth-order valence-corrected chi connectivity index (χ4v) is 3.10. The molecule has 0 fully saturated rings. The molecule has 2 aromatic rings. The number of benzene rings is 1. The van der Waals surface area contributed by atoms with Gasteiger partial charge in [-0.2, -0.15) is 0 Å². The summed E-state index contributed by atoms with van der Waals surface area (Å²) in [4.78, 5) is 19.7. The minimum atomic E-state index is -3.92. The van der Waals surface area contributed by atoms with Crippen molar-refractivity contribution in [2.75, 3.05) is 5.73 Å². The van der Waals surface area contributed by atoms with Crippen molar-refractivity contribution >= 4 is 21.9 Å². The molecule has 0 saturated heterocycles. The summed E-state index contributed by atoms with van der Waals surface area (Å²) in [5, 5.41) is 0. The van der Waals surface area contributed by atoms with Crippen molar-refractivity contribution in [3.05, 3.63) is 36.5 Å². The number of amides is 1. The van der Waals surface area contributed by atoms with Gasteiger partial charge in [-0.15, -0.1) is 0 Å². The van der Waals surface area contributed by atoms with Crippen LogP contribution in [0.3, 0.4) is 0 Å². The van der Waals surface area contributed by atoms with Gasteiger partial charge < -0.3 is 5.73 Å². The summed E-state index contributed by atoms with van der Waals surface area (Å²) < 4.78 is 26.8. The number of carbonyl (C=O) groups excluding carboxylic acids is 1. The highest BCUT2D eigenvalue weighted by molar-refractivity contribution is 7.90. The monoisotopic (exact) mass is 348 g/mol. The summed E-state index contributed by atoms with van der Waals surface area (Å²) in [5.41, 5.74) is 6.62. The maximum absolute atomic E-state index is 12.3. The number of anilines is 1. The largest absolute Gasteiger partial charge is 0.368 e. The Balaban J connectivity index is 2.22. The SMILES string of the molecule is CC(C)CCC(=O)NS(=O)(=O)c1cccc(-c2ccnc(N)n2)c1. The second-order valence-corrected chi connectivity index (χ2v) is 7.47. The molecule has 0 radical (unpaired) electrons. The summed E-state index contributed by atoms with van der Waals surface area (Å²) in [6.07, 6.45) is 2.28. The van der Waals surface area contributed by atoms with E-state index in [9.17, 15) is 13.2 Å². The zero-order chi connectivity index (χ0) is 17.7. The molecule has 2 rings (SSSR count). The fraction of sp³-hybridized carbons (Fsp3) is 0.312. The van der Waals surface area contributed by atoms with E-state index >= 15 is 0 Å². The van der Waals surface area contributed by atoms with E-state index in [2.05, 4.69) is 14.7 Å². The molecule has 7 nitrogen and oxygen atoms in total. The van der Waals surface area contributed by atoms with Gasteiger partial charge in [-0.3, -0.25) is 4.79 Å². The van der Waals surface area contributed by atoms with Crippen molar-refractivity contribution < 1.29 is 13.2 Å². The second kappa shape index (κ2) is 7.39. The maximum Gasteiger partial charge on any atom is 0.264 e. The van der Waals surface area contributed by atoms with Crippen molar-refractivity contribution in [3.8, 4) is 11.3 Å². The molecule has 0 bridgehead atoms. The Morgan fingerprint density at radius 2 is 2.04 bits per heavy atom. The fourth-order valence-electron chi connectivity index (χ4n) is 2.04. The minimum absolute atomic E-state index is 0.00455. The zero-order valence-electron chi connectivity index (χ0n) is 13.6. The molecule has 0 aliphatic rings. The molecule has 1 amide bonds. The molecule has 8 heteroatoms. The Morgan fingerprint density at radius 1 is 1.29 bits per heavy atom. The Hall–Kier alpha value is -2.48. The average Bonchev–Trinajstić information content (AvgIpc) is 2.53. The van der Waals surface area contributed by atoms with E-state index in [4.69, 9.17) is 5.73 Å². The second-order valence-electron chi connectivity index (χ2n) is 5.79. The third kappa shape index (κ3) is 4.76. The summed E-state index contributed by atoms with van der Waals surface area (Å²) in [6.45, 7) is 3.94. The summed E-state index contributed by atoms with van der Waals surface area (Å²) >= 11 is 0. The first-order chi connectivity index (χ1) is 11.3. The topological polar surface area (TPSA) is 115 Å². The van der Waals surface area contributed by atoms with Crippen molar-refractivity contribution in [3.63, 3.8) is 0 Å². The van der Waals surface area contributed by atoms with Gasteiger partial charge in [0.05, 0.1) is 10.6 Å². The lowest BCUT2D eigenvalue weighted by atomic mass is 10.1. The van der Waals surface area contributed by atoms with Crippen LogP contribution in [0.1, 0.15) is 26.7 Å². The first kappa shape index (κ1) is 17.9. The number of carbonyl (C=O) groups is 1. The molecule has 1 aromatic heterocycles. The highest BCUT2D eigenvalue weighted by atomic mass is 32.2. The van der Waals surface area contributed by atoms with Crippen LogP contribution in [0, 0.1) is 5.92 Å². The number of hydrogen-bond donors (Lipinski definition) is 2. The Labute approximate surface area is 141 Å². The van der Waals surface area contributed by atoms with E-state index in [1.54, 1.807) is 18.2 Å². The van der Waals surface area contributed by atoms with Crippen molar-refractivity contribution in [2.45, 2.75) is 31.6 Å². The first-order valence-electron chi connectivity index (χ1n) is 7.52. The van der Waals surface area contributed by atoms with Gasteiger partial charge in [-0.1, -0.05) is 26.0 Å². The van der Waals surface area contributed by atoms with Gasteiger partial charge in [0.15, 0.2) is 0 Å². The molecule has 0 spiro atoms. The molecule has 1 heterocycles. The van der Waals surface area contributed by atoms with Crippen LogP contribution < -0.4 is 10.5 Å². The third-order valence-corrected chi connectivity index (χ3v) is 4.68. The number of hydrogen-bond acceptors (Lipinski definition) is 6. The number of rotatable bonds is 6. The summed E-state index contributed by atoms with van der Waals surface area (Å²) in [6, 6.07) is 7.79. The van der Waals surface area contributed by atoms with Gasteiger partial charge in [-0.25, -0.2) is 23.1 Å². The zero-order valence-corrected chi connectivity index (χ0v) is 14.4. The Morgan fingerprint density at radius 3 is 2.71 bits per heavy atom. The van der Waals surface area contributed by atoms with Crippen LogP contribution >= 0.6 is 0 Å². The van der Waals surface area contributed by atoms with Gasteiger partial charge in [0.25, 0.3) is 10.0 Å². The highest BCUT2D eigenvalue weighted by Crippen LogP contribution is 2.21. The molecule has 0 atom stereocenters. The molecule has 128 valence electrons. The molecule has 24 heavy (non-hydrogen) atoms. The van der Waals surface area contributed by atoms with Crippen LogP contribution in [0.15, 0.2) is 41.4 Å².